The molecule has 0 bridgehead atoms. The normalized spacial score (nSPS) is 13.0. The summed E-state index contributed by atoms with van der Waals surface area (Å²) in [5, 5.41) is 4.94. The van der Waals surface area contributed by atoms with Crippen molar-refractivity contribution in [3.05, 3.63) is 53.2 Å². The average Bonchev–Trinajstić information content (AvgIpc) is 3.10. The third-order valence-corrected chi connectivity index (χ3v) is 4.34. The van der Waals surface area contributed by atoms with Crippen LogP contribution in [-0.2, 0) is 0 Å². The quantitative estimate of drug-likeness (QED) is 0.614. The minimum atomic E-state index is -0.177. The van der Waals surface area contributed by atoms with Crippen LogP contribution < -0.4 is 5.73 Å². The Kier molecular flexibility index (Phi) is 3.11. The predicted molar refractivity (Wildman–Crippen MR) is 89.5 cm³/mol. The maximum absolute atomic E-state index is 6.32. The molecule has 4 aromatic heterocycles. The summed E-state index contributed by atoms with van der Waals surface area (Å²) in [6.07, 6.45) is 7.56. The van der Waals surface area contributed by atoms with E-state index in [0.29, 0.717) is 10.7 Å². The lowest BCUT2D eigenvalue weighted by Gasteiger charge is -2.13. The summed E-state index contributed by atoms with van der Waals surface area (Å²) < 4.78 is 3.64. The molecule has 7 heteroatoms. The van der Waals surface area contributed by atoms with E-state index in [2.05, 4.69) is 10.1 Å². The molecule has 23 heavy (non-hydrogen) atoms. The van der Waals surface area contributed by atoms with E-state index in [-0.39, 0.29) is 6.04 Å². The van der Waals surface area contributed by atoms with Crippen LogP contribution in [-0.4, -0.2) is 24.0 Å². The zero-order valence-electron chi connectivity index (χ0n) is 12.7. The Bertz CT molecular complexity index is 1030. The van der Waals surface area contributed by atoms with E-state index in [1.807, 2.05) is 49.0 Å². The first kappa shape index (κ1) is 14.2. The van der Waals surface area contributed by atoms with Gasteiger partial charge in [-0.3, -0.25) is 0 Å². The maximum Gasteiger partial charge on any atom is 0.174 e. The minimum absolute atomic E-state index is 0.177. The van der Waals surface area contributed by atoms with Gasteiger partial charge in [-0.25, -0.2) is 14.5 Å². The highest BCUT2D eigenvalue weighted by Crippen LogP contribution is 2.29. The van der Waals surface area contributed by atoms with Crippen LogP contribution in [0.3, 0.4) is 0 Å². The number of nitrogens with zero attached hydrogens (tertiary/aromatic N) is 5. The molecule has 116 valence electrons. The largest absolute Gasteiger partial charge is 0.324 e. The van der Waals surface area contributed by atoms with Crippen LogP contribution >= 0.6 is 11.6 Å². The van der Waals surface area contributed by atoms with Gasteiger partial charge >= 0.3 is 0 Å². The number of nitrogens with two attached hydrogens (primary N) is 1. The summed E-state index contributed by atoms with van der Waals surface area (Å²) in [6.45, 7) is 3.79. The molecule has 4 rings (SSSR count). The van der Waals surface area contributed by atoms with Gasteiger partial charge in [0, 0.05) is 42.0 Å². The molecule has 2 N–H and O–H groups in total. The van der Waals surface area contributed by atoms with Crippen LogP contribution in [0.2, 0.25) is 5.02 Å². The number of fused-ring (bicyclic) bond motifs is 2. The van der Waals surface area contributed by atoms with Crippen LogP contribution in [0.5, 0.6) is 0 Å². The summed E-state index contributed by atoms with van der Waals surface area (Å²) in [7, 11) is 0. The highest BCUT2D eigenvalue weighted by Gasteiger charge is 2.17. The summed E-state index contributed by atoms with van der Waals surface area (Å²) in [6, 6.07) is 3.77. The minimum Gasteiger partial charge on any atom is -0.324 e. The van der Waals surface area contributed by atoms with E-state index >= 15 is 0 Å². The lowest BCUT2D eigenvalue weighted by Crippen LogP contribution is -2.10. The van der Waals surface area contributed by atoms with Crippen LogP contribution in [0.15, 0.2) is 36.9 Å². The first-order valence-corrected chi connectivity index (χ1v) is 7.66. The molecule has 1 atom stereocenters. The second-order valence-corrected chi connectivity index (χ2v) is 5.99. The van der Waals surface area contributed by atoms with Crippen LogP contribution in [0.25, 0.3) is 22.6 Å². The molecule has 0 amide bonds. The Balaban J connectivity index is 2.02. The van der Waals surface area contributed by atoms with E-state index in [0.717, 1.165) is 28.2 Å². The van der Waals surface area contributed by atoms with Crippen molar-refractivity contribution in [1.29, 1.82) is 0 Å². The number of aryl methyl sites for hydroxylation is 1. The van der Waals surface area contributed by atoms with Crippen LogP contribution in [0, 0.1) is 6.92 Å². The highest BCUT2D eigenvalue weighted by atomic mass is 35.5. The molecule has 0 aliphatic rings. The van der Waals surface area contributed by atoms with Crippen molar-refractivity contribution in [1.82, 2.24) is 24.0 Å². The van der Waals surface area contributed by atoms with Crippen LogP contribution in [0.4, 0.5) is 0 Å². The number of hydrogen-bond donors (Lipinski definition) is 1. The maximum atomic E-state index is 6.32. The third kappa shape index (κ3) is 2.18. The van der Waals surface area contributed by atoms with Crippen molar-refractivity contribution in [2.24, 2.45) is 5.73 Å². The van der Waals surface area contributed by atoms with E-state index in [4.69, 9.17) is 22.3 Å². The Labute approximate surface area is 137 Å². The molecule has 0 saturated carbocycles. The van der Waals surface area contributed by atoms with Crippen molar-refractivity contribution in [3.63, 3.8) is 0 Å². The first-order valence-electron chi connectivity index (χ1n) is 7.28. The standard InChI is InChI=1S/C16H15ClN6/c1-9(18)12-8-23-16(14(17)10(2)21-23)20-15(12)11-3-4-13-19-5-6-22(13)7-11/h3-9H,18H2,1-2H3/t9-/m0/s1. The van der Waals surface area contributed by atoms with Gasteiger partial charge in [-0.05, 0) is 26.0 Å². The van der Waals surface area contributed by atoms with Gasteiger partial charge in [0.1, 0.15) is 10.7 Å². The van der Waals surface area contributed by atoms with E-state index < -0.39 is 0 Å². The number of aromatic nitrogens is 5. The fraction of sp³-hybridized carbons (Fsp3) is 0.188. The second kappa shape index (κ2) is 5.04. The van der Waals surface area contributed by atoms with Gasteiger partial charge < -0.3 is 10.1 Å². The Hall–Kier alpha value is -2.44. The summed E-state index contributed by atoms with van der Waals surface area (Å²) in [4.78, 5) is 8.99. The van der Waals surface area contributed by atoms with Crippen molar-refractivity contribution < 1.29 is 0 Å². The summed E-state index contributed by atoms with van der Waals surface area (Å²) >= 11 is 6.32. The molecule has 0 saturated heterocycles. The van der Waals surface area contributed by atoms with E-state index in [9.17, 15) is 0 Å². The number of imidazole rings is 1. The van der Waals surface area contributed by atoms with Gasteiger partial charge in [0.25, 0.3) is 0 Å². The third-order valence-electron chi connectivity index (χ3n) is 3.89. The molecule has 0 spiro atoms. The molecule has 0 aliphatic carbocycles. The second-order valence-electron chi connectivity index (χ2n) is 5.61. The summed E-state index contributed by atoms with van der Waals surface area (Å²) in [5.41, 5.74) is 11.1. The lowest BCUT2D eigenvalue weighted by atomic mass is 10.0. The van der Waals surface area contributed by atoms with Gasteiger partial charge in [-0.1, -0.05) is 11.6 Å². The van der Waals surface area contributed by atoms with Gasteiger partial charge in [0.05, 0.1) is 11.4 Å². The van der Waals surface area contributed by atoms with E-state index in [1.54, 1.807) is 10.7 Å². The predicted octanol–water partition coefficient (Wildman–Crippen LogP) is 3.03. The molecule has 4 aromatic rings. The Morgan fingerprint density at radius 2 is 2.09 bits per heavy atom. The van der Waals surface area contributed by atoms with Crippen LogP contribution in [0.1, 0.15) is 24.2 Å². The number of hydrogen-bond acceptors (Lipinski definition) is 4. The Morgan fingerprint density at radius 3 is 2.87 bits per heavy atom. The zero-order valence-corrected chi connectivity index (χ0v) is 13.5. The molecule has 0 radical (unpaired) electrons. The van der Waals surface area contributed by atoms with Gasteiger partial charge in [0.2, 0.25) is 0 Å². The monoisotopic (exact) mass is 326 g/mol. The average molecular weight is 327 g/mol. The fourth-order valence-corrected chi connectivity index (χ4v) is 2.86. The Morgan fingerprint density at radius 1 is 1.26 bits per heavy atom. The van der Waals surface area contributed by atoms with E-state index in [1.165, 1.54) is 0 Å². The smallest absolute Gasteiger partial charge is 0.174 e. The highest BCUT2D eigenvalue weighted by molar-refractivity contribution is 6.34. The number of rotatable bonds is 2. The number of halogens is 1. The fourth-order valence-electron chi connectivity index (χ4n) is 2.69. The molecule has 6 nitrogen and oxygen atoms in total. The zero-order chi connectivity index (χ0) is 16.1. The molecule has 0 aromatic carbocycles. The van der Waals surface area contributed by atoms with Crippen molar-refractivity contribution >= 4 is 22.9 Å². The van der Waals surface area contributed by atoms with Crippen molar-refractivity contribution in [2.75, 3.05) is 0 Å². The van der Waals surface area contributed by atoms with Crippen molar-refractivity contribution in [2.45, 2.75) is 19.9 Å². The first-order chi connectivity index (χ1) is 11.0. The molecule has 0 aliphatic heterocycles. The molecule has 0 unspecified atom stereocenters. The van der Waals surface area contributed by atoms with Gasteiger partial charge in [-0.2, -0.15) is 5.10 Å². The molecular formula is C16H15ClN6. The number of pyridine rings is 1. The van der Waals surface area contributed by atoms with Gasteiger partial charge in [0.15, 0.2) is 5.65 Å². The summed E-state index contributed by atoms with van der Waals surface area (Å²) in [5.74, 6) is 0. The SMILES string of the molecule is Cc1nn2cc([C@H](C)N)c(-c3ccc4nccn4c3)nc2c1Cl. The topological polar surface area (TPSA) is 73.5 Å². The molecule has 0 fully saturated rings. The molecule has 4 heterocycles. The lowest BCUT2D eigenvalue weighted by molar-refractivity contribution is 0.787. The molecular weight excluding hydrogens is 312 g/mol. The van der Waals surface area contributed by atoms with Gasteiger partial charge in [-0.15, -0.1) is 0 Å². The van der Waals surface area contributed by atoms with Crippen molar-refractivity contribution in [3.8, 4) is 11.3 Å².